The second-order valence-corrected chi connectivity index (χ2v) is 4.92. The van der Waals surface area contributed by atoms with Gasteiger partial charge in [-0.3, -0.25) is 4.79 Å². The van der Waals surface area contributed by atoms with Crippen molar-refractivity contribution in [3.63, 3.8) is 0 Å². The Labute approximate surface area is 115 Å². The third kappa shape index (κ3) is 5.21. The van der Waals surface area contributed by atoms with E-state index in [0.717, 1.165) is 0 Å². The number of ether oxygens (including phenoxy) is 1. The average molecular weight is 289 g/mol. The standard InChI is InChI=1S/C14H18F3NO2/c1-9(2)12(8-18)13(19)7-10-3-5-11(6-4-10)20-14(15,16)17/h3-6,9,12H,7-8,18H2,1-2H3. The molecular formula is C14H18F3NO2. The number of halogens is 3. The summed E-state index contributed by atoms with van der Waals surface area (Å²) in [5, 5.41) is 0. The van der Waals surface area contributed by atoms with Gasteiger partial charge in [-0.05, 0) is 23.6 Å². The fourth-order valence-electron chi connectivity index (χ4n) is 1.92. The number of nitrogens with two attached hydrogens (primary N) is 1. The Balaban J connectivity index is 2.68. The molecule has 0 bridgehead atoms. The Morgan fingerprint density at radius 3 is 2.20 bits per heavy atom. The molecule has 0 saturated heterocycles. The molecule has 0 aliphatic heterocycles. The largest absolute Gasteiger partial charge is 0.573 e. The molecule has 6 heteroatoms. The number of benzene rings is 1. The molecule has 0 radical (unpaired) electrons. The quantitative estimate of drug-likeness (QED) is 0.876. The molecule has 0 aliphatic rings. The zero-order valence-electron chi connectivity index (χ0n) is 11.4. The van der Waals surface area contributed by atoms with E-state index in [0.29, 0.717) is 5.56 Å². The lowest BCUT2D eigenvalue weighted by atomic mass is 9.88. The summed E-state index contributed by atoms with van der Waals surface area (Å²) in [6.45, 7) is 4.09. The molecule has 0 heterocycles. The Kier molecular flexibility index (Phi) is 5.56. The molecule has 2 N–H and O–H groups in total. The number of ketones is 1. The molecule has 1 unspecified atom stereocenters. The van der Waals surface area contributed by atoms with Gasteiger partial charge in [-0.25, -0.2) is 0 Å². The first-order valence-corrected chi connectivity index (χ1v) is 6.30. The molecule has 1 aromatic rings. The lowest BCUT2D eigenvalue weighted by molar-refractivity contribution is -0.274. The van der Waals surface area contributed by atoms with E-state index in [2.05, 4.69) is 4.74 Å². The highest BCUT2D eigenvalue weighted by Crippen LogP contribution is 2.23. The van der Waals surface area contributed by atoms with Crippen molar-refractivity contribution >= 4 is 5.78 Å². The number of carbonyl (C=O) groups is 1. The topological polar surface area (TPSA) is 52.3 Å². The van der Waals surface area contributed by atoms with Crippen molar-refractivity contribution in [1.29, 1.82) is 0 Å². The van der Waals surface area contributed by atoms with Gasteiger partial charge in [0.25, 0.3) is 0 Å². The molecule has 1 atom stereocenters. The van der Waals surface area contributed by atoms with E-state index in [4.69, 9.17) is 5.73 Å². The van der Waals surface area contributed by atoms with E-state index >= 15 is 0 Å². The Bertz CT molecular complexity index is 441. The van der Waals surface area contributed by atoms with E-state index in [1.807, 2.05) is 13.8 Å². The molecule has 0 amide bonds. The second kappa shape index (κ2) is 6.74. The molecule has 1 rings (SSSR count). The van der Waals surface area contributed by atoms with Crippen molar-refractivity contribution in [1.82, 2.24) is 0 Å². The van der Waals surface area contributed by atoms with Crippen molar-refractivity contribution in [2.75, 3.05) is 6.54 Å². The van der Waals surface area contributed by atoms with Crippen LogP contribution in [-0.2, 0) is 11.2 Å². The molecule has 112 valence electrons. The maximum Gasteiger partial charge on any atom is 0.573 e. The van der Waals surface area contributed by atoms with Crippen LogP contribution in [0.2, 0.25) is 0 Å². The number of alkyl halides is 3. The van der Waals surface area contributed by atoms with Crippen LogP contribution in [0.15, 0.2) is 24.3 Å². The first kappa shape index (κ1) is 16.5. The monoisotopic (exact) mass is 289 g/mol. The van der Waals surface area contributed by atoms with E-state index in [1.54, 1.807) is 0 Å². The molecule has 0 saturated carbocycles. The maximum absolute atomic E-state index is 12.0. The maximum atomic E-state index is 12.0. The van der Waals surface area contributed by atoms with Crippen molar-refractivity contribution in [2.45, 2.75) is 26.6 Å². The molecule has 0 fully saturated rings. The lowest BCUT2D eigenvalue weighted by Crippen LogP contribution is -2.29. The molecule has 20 heavy (non-hydrogen) atoms. The van der Waals surface area contributed by atoms with Crippen molar-refractivity contribution < 1.29 is 22.7 Å². The minimum atomic E-state index is -4.71. The van der Waals surface area contributed by atoms with Gasteiger partial charge in [-0.15, -0.1) is 13.2 Å². The van der Waals surface area contributed by atoms with Crippen LogP contribution >= 0.6 is 0 Å². The van der Waals surface area contributed by atoms with Crippen LogP contribution in [-0.4, -0.2) is 18.7 Å². The number of hydrogen-bond acceptors (Lipinski definition) is 3. The van der Waals surface area contributed by atoms with Crippen LogP contribution in [0.25, 0.3) is 0 Å². The molecule has 1 aromatic carbocycles. The van der Waals surface area contributed by atoms with Gasteiger partial charge in [0.15, 0.2) is 0 Å². The first-order valence-electron chi connectivity index (χ1n) is 6.30. The number of carbonyl (C=O) groups excluding carboxylic acids is 1. The van der Waals surface area contributed by atoms with Crippen LogP contribution in [0, 0.1) is 11.8 Å². The Hall–Kier alpha value is -1.56. The van der Waals surface area contributed by atoms with Crippen LogP contribution in [0.3, 0.4) is 0 Å². The predicted octanol–water partition coefficient (Wildman–Crippen LogP) is 2.93. The highest BCUT2D eigenvalue weighted by molar-refractivity contribution is 5.83. The summed E-state index contributed by atoms with van der Waals surface area (Å²) >= 11 is 0. The van der Waals surface area contributed by atoms with Crippen molar-refractivity contribution in [2.24, 2.45) is 17.6 Å². The zero-order valence-corrected chi connectivity index (χ0v) is 11.4. The summed E-state index contributed by atoms with van der Waals surface area (Å²) in [5.41, 5.74) is 6.20. The normalized spacial score (nSPS) is 13.3. The zero-order chi connectivity index (χ0) is 15.3. The fraction of sp³-hybridized carbons (Fsp3) is 0.500. The Morgan fingerprint density at radius 2 is 1.80 bits per heavy atom. The van der Waals surface area contributed by atoms with Crippen molar-refractivity contribution in [3.05, 3.63) is 29.8 Å². The molecule has 0 aromatic heterocycles. The van der Waals surface area contributed by atoms with Crippen molar-refractivity contribution in [3.8, 4) is 5.75 Å². The van der Waals surface area contributed by atoms with E-state index < -0.39 is 6.36 Å². The van der Waals surface area contributed by atoms with Crippen LogP contribution in [0.1, 0.15) is 19.4 Å². The number of rotatable bonds is 6. The van der Waals surface area contributed by atoms with Gasteiger partial charge in [0, 0.05) is 18.9 Å². The van der Waals surface area contributed by atoms with Gasteiger partial charge in [0.05, 0.1) is 0 Å². The number of Topliss-reactive ketones (excluding diaryl/α,β-unsaturated/α-hetero) is 1. The minimum absolute atomic E-state index is 0.00742. The van der Waals surface area contributed by atoms with Gasteiger partial charge in [-0.1, -0.05) is 26.0 Å². The second-order valence-electron chi connectivity index (χ2n) is 4.92. The Morgan fingerprint density at radius 1 is 1.25 bits per heavy atom. The lowest BCUT2D eigenvalue weighted by Gasteiger charge is -2.17. The third-order valence-corrected chi connectivity index (χ3v) is 3.01. The summed E-state index contributed by atoms with van der Waals surface area (Å²) in [4.78, 5) is 12.0. The van der Waals surface area contributed by atoms with E-state index in [9.17, 15) is 18.0 Å². The van der Waals surface area contributed by atoms with E-state index in [1.165, 1.54) is 24.3 Å². The molecule has 3 nitrogen and oxygen atoms in total. The fourth-order valence-corrected chi connectivity index (χ4v) is 1.92. The third-order valence-electron chi connectivity index (χ3n) is 3.01. The number of hydrogen-bond donors (Lipinski definition) is 1. The van der Waals surface area contributed by atoms with Gasteiger partial charge >= 0.3 is 6.36 Å². The molecular weight excluding hydrogens is 271 g/mol. The average Bonchev–Trinajstić information content (AvgIpc) is 2.30. The van der Waals surface area contributed by atoms with Crippen LogP contribution in [0.4, 0.5) is 13.2 Å². The van der Waals surface area contributed by atoms with Gasteiger partial charge in [0.1, 0.15) is 11.5 Å². The molecule has 0 spiro atoms. The van der Waals surface area contributed by atoms with Gasteiger partial charge in [0.2, 0.25) is 0 Å². The SMILES string of the molecule is CC(C)C(CN)C(=O)Cc1ccc(OC(F)(F)F)cc1. The molecule has 0 aliphatic carbocycles. The minimum Gasteiger partial charge on any atom is -0.406 e. The summed E-state index contributed by atoms with van der Waals surface area (Å²) in [5.74, 6) is -0.402. The van der Waals surface area contributed by atoms with Crippen LogP contribution in [0.5, 0.6) is 5.75 Å². The first-order chi connectivity index (χ1) is 9.23. The van der Waals surface area contributed by atoms with E-state index in [-0.39, 0.29) is 36.3 Å². The van der Waals surface area contributed by atoms with Gasteiger partial charge < -0.3 is 10.5 Å². The highest BCUT2D eigenvalue weighted by atomic mass is 19.4. The van der Waals surface area contributed by atoms with Gasteiger partial charge in [-0.2, -0.15) is 0 Å². The van der Waals surface area contributed by atoms with Crippen LogP contribution < -0.4 is 10.5 Å². The smallest absolute Gasteiger partial charge is 0.406 e. The predicted molar refractivity (Wildman–Crippen MR) is 69.2 cm³/mol. The highest BCUT2D eigenvalue weighted by Gasteiger charge is 2.31. The summed E-state index contributed by atoms with van der Waals surface area (Å²) in [6.07, 6.45) is -4.55. The summed E-state index contributed by atoms with van der Waals surface area (Å²) in [6, 6.07) is 5.30. The summed E-state index contributed by atoms with van der Waals surface area (Å²) < 4.78 is 39.8. The summed E-state index contributed by atoms with van der Waals surface area (Å²) in [7, 11) is 0.